The maximum atomic E-state index is 12.3. The Morgan fingerprint density at radius 1 is 1.00 bits per heavy atom. The number of benzene rings is 2. The van der Waals surface area contributed by atoms with E-state index in [4.69, 9.17) is 0 Å². The summed E-state index contributed by atoms with van der Waals surface area (Å²) in [4.78, 5) is 12.3. The van der Waals surface area contributed by atoms with Crippen molar-refractivity contribution in [3.8, 4) is 0 Å². The van der Waals surface area contributed by atoms with Gasteiger partial charge in [-0.25, -0.2) is 0 Å². The van der Waals surface area contributed by atoms with Crippen LogP contribution in [-0.2, 0) is 0 Å². The van der Waals surface area contributed by atoms with Gasteiger partial charge in [-0.3, -0.25) is 4.79 Å². The van der Waals surface area contributed by atoms with E-state index in [-0.39, 0.29) is 5.91 Å². The molecule has 0 radical (unpaired) electrons. The van der Waals surface area contributed by atoms with Gasteiger partial charge in [0.1, 0.15) is 0 Å². The van der Waals surface area contributed by atoms with Crippen LogP contribution in [0.4, 0.5) is 5.69 Å². The molecule has 2 aromatic rings. The van der Waals surface area contributed by atoms with Crippen molar-refractivity contribution in [2.24, 2.45) is 0 Å². The summed E-state index contributed by atoms with van der Waals surface area (Å²) < 4.78 is 1.00. The van der Waals surface area contributed by atoms with Crippen LogP contribution >= 0.6 is 22.6 Å². The molecule has 0 spiro atoms. The van der Waals surface area contributed by atoms with Crippen molar-refractivity contribution in [3.63, 3.8) is 0 Å². The summed E-state index contributed by atoms with van der Waals surface area (Å²) in [5.41, 5.74) is 5.01. The van der Waals surface area contributed by atoms with E-state index in [0.717, 1.165) is 25.9 Å². The van der Waals surface area contributed by atoms with Gasteiger partial charge in [-0.15, -0.1) is 0 Å². The standard InChI is InChI=1S/C16H16INO/c1-10-6-5-9-14(12(10)3)18-16(19)13-8-4-7-11(2)15(13)17/h4-9H,1-3H3,(H,18,19). The van der Waals surface area contributed by atoms with E-state index in [2.05, 4.69) is 27.9 Å². The number of carbonyl (C=O) groups is 1. The van der Waals surface area contributed by atoms with Crippen LogP contribution in [0.5, 0.6) is 0 Å². The molecule has 0 saturated heterocycles. The predicted octanol–water partition coefficient (Wildman–Crippen LogP) is 4.47. The van der Waals surface area contributed by atoms with Crippen LogP contribution in [0.3, 0.4) is 0 Å². The van der Waals surface area contributed by atoms with E-state index in [1.807, 2.05) is 57.2 Å². The van der Waals surface area contributed by atoms with Crippen LogP contribution in [0.15, 0.2) is 36.4 Å². The van der Waals surface area contributed by atoms with E-state index in [9.17, 15) is 4.79 Å². The number of hydrogen-bond donors (Lipinski definition) is 1. The van der Waals surface area contributed by atoms with Crippen LogP contribution in [-0.4, -0.2) is 5.91 Å². The Bertz CT molecular complexity index is 635. The maximum Gasteiger partial charge on any atom is 0.256 e. The molecule has 0 aromatic heterocycles. The SMILES string of the molecule is Cc1cccc(NC(=O)c2cccc(C)c2I)c1C. The smallest absolute Gasteiger partial charge is 0.256 e. The highest BCUT2D eigenvalue weighted by Gasteiger charge is 2.12. The lowest BCUT2D eigenvalue weighted by molar-refractivity contribution is 0.102. The zero-order valence-electron chi connectivity index (χ0n) is 11.3. The average Bonchev–Trinajstić information content (AvgIpc) is 2.38. The van der Waals surface area contributed by atoms with Gasteiger partial charge in [0.2, 0.25) is 0 Å². The highest BCUT2D eigenvalue weighted by molar-refractivity contribution is 14.1. The summed E-state index contributed by atoms with van der Waals surface area (Å²) in [6, 6.07) is 11.7. The monoisotopic (exact) mass is 365 g/mol. The molecule has 0 bridgehead atoms. The molecule has 2 aromatic carbocycles. The normalized spacial score (nSPS) is 10.3. The second kappa shape index (κ2) is 5.74. The quantitative estimate of drug-likeness (QED) is 0.782. The van der Waals surface area contributed by atoms with Gasteiger partial charge < -0.3 is 5.32 Å². The number of rotatable bonds is 2. The van der Waals surface area contributed by atoms with Gasteiger partial charge in [-0.2, -0.15) is 0 Å². The Labute approximate surface area is 127 Å². The maximum absolute atomic E-state index is 12.3. The third-order valence-electron chi connectivity index (χ3n) is 3.29. The fraction of sp³-hybridized carbons (Fsp3) is 0.188. The Morgan fingerprint density at radius 2 is 1.63 bits per heavy atom. The molecule has 0 aliphatic carbocycles. The third-order valence-corrected chi connectivity index (χ3v) is 4.72. The van der Waals surface area contributed by atoms with Crippen molar-refractivity contribution in [2.75, 3.05) is 5.32 Å². The molecule has 0 unspecified atom stereocenters. The number of nitrogens with one attached hydrogen (secondary N) is 1. The summed E-state index contributed by atoms with van der Waals surface area (Å²) in [5.74, 6) is -0.0539. The van der Waals surface area contributed by atoms with E-state index in [0.29, 0.717) is 0 Å². The first kappa shape index (κ1) is 14.1. The van der Waals surface area contributed by atoms with Gasteiger partial charge >= 0.3 is 0 Å². The van der Waals surface area contributed by atoms with Crippen LogP contribution in [0.25, 0.3) is 0 Å². The van der Waals surface area contributed by atoms with Crippen molar-refractivity contribution >= 4 is 34.2 Å². The molecule has 1 amide bonds. The molecular formula is C16H16INO. The van der Waals surface area contributed by atoms with Gasteiger partial charge in [0.15, 0.2) is 0 Å². The molecule has 3 heteroatoms. The summed E-state index contributed by atoms with van der Waals surface area (Å²) in [6.07, 6.45) is 0. The molecular weight excluding hydrogens is 349 g/mol. The second-order valence-electron chi connectivity index (χ2n) is 4.64. The van der Waals surface area contributed by atoms with Gasteiger partial charge in [0.05, 0.1) is 5.56 Å². The van der Waals surface area contributed by atoms with E-state index < -0.39 is 0 Å². The lowest BCUT2D eigenvalue weighted by atomic mass is 10.1. The Morgan fingerprint density at radius 3 is 2.37 bits per heavy atom. The molecule has 0 fully saturated rings. The van der Waals surface area contributed by atoms with Crippen LogP contribution in [0.1, 0.15) is 27.0 Å². The van der Waals surface area contributed by atoms with Crippen molar-refractivity contribution < 1.29 is 4.79 Å². The highest BCUT2D eigenvalue weighted by atomic mass is 127. The Balaban J connectivity index is 2.31. The van der Waals surface area contributed by atoms with Gasteiger partial charge in [-0.05, 0) is 72.2 Å². The Hall–Kier alpha value is -1.36. The first-order valence-electron chi connectivity index (χ1n) is 6.13. The Kier molecular flexibility index (Phi) is 4.24. The lowest BCUT2D eigenvalue weighted by Crippen LogP contribution is -2.15. The molecule has 0 saturated carbocycles. The molecule has 0 aliphatic heterocycles. The molecule has 0 atom stereocenters. The lowest BCUT2D eigenvalue weighted by Gasteiger charge is -2.12. The first-order chi connectivity index (χ1) is 9.00. The van der Waals surface area contributed by atoms with E-state index in [1.165, 1.54) is 5.56 Å². The zero-order chi connectivity index (χ0) is 14.0. The van der Waals surface area contributed by atoms with E-state index >= 15 is 0 Å². The number of carbonyl (C=O) groups excluding carboxylic acids is 1. The van der Waals surface area contributed by atoms with Crippen LogP contribution < -0.4 is 5.32 Å². The second-order valence-corrected chi connectivity index (χ2v) is 5.72. The van der Waals surface area contributed by atoms with E-state index in [1.54, 1.807) is 0 Å². The molecule has 19 heavy (non-hydrogen) atoms. The summed E-state index contributed by atoms with van der Waals surface area (Å²) in [7, 11) is 0. The van der Waals surface area contributed by atoms with Crippen molar-refractivity contribution in [3.05, 3.63) is 62.2 Å². The number of hydrogen-bond acceptors (Lipinski definition) is 1. The minimum Gasteiger partial charge on any atom is -0.322 e. The molecule has 0 heterocycles. The number of amides is 1. The van der Waals surface area contributed by atoms with Crippen LogP contribution in [0.2, 0.25) is 0 Å². The van der Waals surface area contributed by atoms with Gasteiger partial charge in [0.25, 0.3) is 5.91 Å². The number of halogens is 1. The largest absolute Gasteiger partial charge is 0.322 e. The van der Waals surface area contributed by atoms with Crippen molar-refractivity contribution in [1.82, 2.24) is 0 Å². The zero-order valence-corrected chi connectivity index (χ0v) is 13.4. The molecule has 2 nitrogen and oxygen atoms in total. The molecule has 2 rings (SSSR count). The van der Waals surface area contributed by atoms with Crippen molar-refractivity contribution in [2.45, 2.75) is 20.8 Å². The third kappa shape index (κ3) is 2.97. The molecule has 0 aliphatic rings. The summed E-state index contributed by atoms with van der Waals surface area (Å²) in [6.45, 7) is 6.07. The van der Waals surface area contributed by atoms with Gasteiger partial charge in [-0.1, -0.05) is 24.3 Å². The summed E-state index contributed by atoms with van der Waals surface area (Å²) in [5, 5.41) is 2.99. The van der Waals surface area contributed by atoms with Gasteiger partial charge in [0, 0.05) is 9.26 Å². The molecule has 1 N–H and O–H groups in total. The molecule has 98 valence electrons. The van der Waals surface area contributed by atoms with Crippen LogP contribution in [0, 0.1) is 24.3 Å². The number of anilines is 1. The van der Waals surface area contributed by atoms with Crippen molar-refractivity contribution in [1.29, 1.82) is 0 Å². The fourth-order valence-corrected chi connectivity index (χ4v) is 2.50. The average molecular weight is 365 g/mol. The summed E-state index contributed by atoms with van der Waals surface area (Å²) >= 11 is 2.22. The predicted molar refractivity (Wildman–Crippen MR) is 87.8 cm³/mol. The minimum absolute atomic E-state index is 0.0539. The topological polar surface area (TPSA) is 29.1 Å². The highest BCUT2D eigenvalue weighted by Crippen LogP contribution is 2.21. The fourth-order valence-electron chi connectivity index (χ4n) is 1.90. The number of aryl methyl sites for hydroxylation is 2. The minimum atomic E-state index is -0.0539. The first-order valence-corrected chi connectivity index (χ1v) is 7.21.